The van der Waals surface area contributed by atoms with Crippen LogP contribution in [0.15, 0.2) is 35.3 Å². The van der Waals surface area contributed by atoms with Crippen molar-refractivity contribution >= 4 is 22.5 Å². The molecule has 7 heteroatoms. The lowest BCUT2D eigenvalue weighted by molar-refractivity contribution is -0.141. The highest BCUT2D eigenvalue weighted by molar-refractivity contribution is 6.31. The van der Waals surface area contributed by atoms with Crippen molar-refractivity contribution in [2.45, 2.75) is 58.8 Å². The Balaban J connectivity index is 1.68. The summed E-state index contributed by atoms with van der Waals surface area (Å²) in [5.41, 5.74) is 4.12. The zero-order valence-electron chi connectivity index (χ0n) is 19.3. The van der Waals surface area contributed by atoms with Crippen molar-refractivity contribution in [2.75, 3.05) is 13.2 Å². The van der Waals surface area contributed by atoms with E-state index in [-0.39, 0.29) is 29.4 Å². The number of benzene rings is 1. The van der Waals surface area contributed by atoms with Gasteiger partial charge in [-0.15, -0.1) is 0 Å². The van der Waals surface area contributed by atoms with Gasteiger partial charge < -0.3 is 19.2 Å². The van der Waals surface area contributed by atoms with Gasteiger partial charge in [0.2, 0.25) is 5.88 Å². The number of aromatic amines is 1. The summed E-state index contributed by atoms with van der Waals surface area (Å²) in [5.74, 6) is -0.352. The Kier molecular flexibility index (Phi) is 5.82. The molecule has 1 N–H and O–H groups in total. The minimum Gasteiger partial charge on any atom is -0.474 e. The third-order valence-electron chi connectivity index (χ3n) is 5.59. The molecule has 0 spiro atoms. The Morgan fingerprint density at radius 1 is 1.28 bits per heavy atom. The first-order valence-electron chi connectivity index (χ1n) is 10.7. The highest BCUT2D eigenvalue weighted by Gasteiger charge is 2.33. The van der Waals surface area contributed by atoms with Crippen molar-refractivity contribution in [3.8, 4) is 17.1 Å². The van der Waals surface area contributed by atoms with E-state index in [1.807, 2.05) is 26.8 Å². The molecular weight excluding hydrogens is 428 g/mol. The summed E-state index contributed by atoms with van der Waals surface area (Å²) in [5, 5.41) is 1.09. The molecule has 0 unspecified atom stereocenters. The number of ether oxygens (including phenoxy) is 3. The molecule has 4 rings (SSSR count). The molecule has 1 aliphatic heterocycles. The van der Waals surface area contributed by atoms with Crippen LogP contribution < -0.4 is 10.2 Å². The molecule has 1 saturated heterocycles. The largest absolute Gasteiger partial charge is 0.474 e. The third kappa shape index (κ3) is 4.53. The summed E-state index contributed by atoms with van der Waals surface area (Å²) in [6.07, 6.45) is 1.40. The topological polar surface area (TPSA) is 73.4 Å². The molecule has 1 aromatic carbocycles. The zero-order valence-corrected chi connectivity index (χ0v) is 20.1. The number of halogens is 1. The van der Waals surface area contributed by atoms with Gasteiger partial charge in [-0.2, -0.15) is 0 Å². The Hall–Kier alpha value is -2.41. The lowest BCUT2D eigenvalue weighted by atomic mass is 9.85. The quantitative estimate of drug-likeness (QED) is 0.570. The lowest BCUT2D eigenvalue weighted by Gasteiger charge is -2.22. The number of pyridine rings is 2. The van der Waals surface area contributed by atoms with E-state index in [2.05, 4.69) is 36.8 Å². The summed E-state index contributed by atoms with van der Waals surface area (Å²) >= 11 is 6.60. The molecule has 0 saturated carbocycles. The molecule has 0 amide bonds. The second-order valence-corrected chi connectivity index (χ2v) is 10.2. The van der Waals surface area contributed by atoms with E-state index in [0.29, 0.717) is 28.2 Å². The number of aromatic nitrogens is 2. The van der Waals surface area contributed by atoms with E-state index >= 15 is 0 Å². The van der Waals surface area contributed by atoms with E-state index in [4.69, 9.17) is 25.8 Å². The van der Waals surface area contributed by atoms with Crippen LogP contribution in [-0.4, -0.2) is 35.1 Å². The fraction of sp³-hybridized carbons (Fsp3) is 0.440. The lowest BCUT2D eigenvalue weighted by Crippen LogP contribution is -2.25. The van der Waals surface area contributed by atoms with Gasteiger partial charge in [0.25, 0.3) is 0 Å². The van der Waals surface area contributed by atoms with Gasteiger partial charge in [0.1, 0.15) is 18.1 Å². The van der Waals surface area contributed by atoms with E-state index in [1.54, 1.807) is 18.3 Å². The molecule has 0 bridgehead atoms. The third-order valence-corrected chi connectivity index (χ3v) is 5.91. The summed E-state index contributed by atoms with van der Waals surface area (Å²) < 4.78 is 17.2. The SMILES string of the molecule is Cc1cc(C(C)(C)C)c(Cl)cc1-c1cc(=O)c2c(OC[C@H]3COC(C)(C)O3)nccc2[nH]1. The van der Waals surface area contributed by atoms with Crippen LogP contribution in [-0.2, 0) is 14.9 Å². The molecule has 3 aromatic rings. The number of hydrogen-bond acceptors (Lipinski definition) is 5. The molecular formula is C25H29ClN2O4. The molecule has 1 atom stereocenters. The number of nitrogens with zero attached hydrogens (tertiary/aromatic N) is 1. The Morgan fingerprint density at radius 2 is 2.03 bits per heavy atom. The fourth-order valence-corrected chi connectivity index (χ4v) is 4.43. The van der Waals surface area contributed by atoms with Gasteiger partial charge in [-0.3, -0.25) is 4.79 Å². The summed E-state index contributed by atoms with van der Waals surface area (Å²) in [4.78, 5) is 20.7. The van der Waals surface area contributed by atoms with Crippen LogP contribution in [0.1, 0.15) is 45.7 Å². The monoisotopic (exact) mass is 456 g/mol. The van der Waals surface area contributed by atoms with Crippen LogP contribution >= 0.6 is 11.6 Å². The van der Waals surface area contributed by atoms with Crippen LogP contribution in [0.4, 0.5) is 0 Å². The van der Waals surface area contributed by atoms with Gasteiger partial charge in [-0.1, -0.05) is 38.4 Å². The average molecular weight is 457 g/mol. The number of nitrogens with one attached hydrogen (secondary N) is 1. The van der Waals surface area contributed by atoms with Crippen LogP contribution in [0.5, 0.6) is 5.88 Å². The van der Waals surface area contributed by atoms with Gasteiger partial charge in [-0.05, 0) is 49.4 Å². The molecule has 1 fully saturated rings. The first-order valence-corrected chi connectivity index (χ1v) is 11.1. The Bertz CT molecular complexity index is 1230. The maximum absolute atomic E-state index is 13.1. The number of rotatable bonds is 4. The van der Waals surface area contributed by atoms with Gasteiger partial charge in [0.15, 0.2) is 11.2 Å². The van der Waals surface area contributed by atoms with Crippen molar-refractivity contribution in [3.05, 3.63) is 56.8 Å². The van der Waals surface area contributed by atoms with Crippen LogP contribution in [0, 0.1) is 6.92 Å². The first kappa shape index (κ1) is 22.8. The van der Waals surface area contributed by atoms with E-state index in [0.717, 1.165) is 16.7 Å². The van der Waals surface area contributed by atoms with Crippen molar-refractivity contribution in [2.24, 2.45) is 0 Å². The van der Waals surface area contributed by atoms with E-state index < -0.39 is 5.79 Å². The fourth-order valence-electron chi connectivity index (χ4n) is 3.99. The number of H-pyrrole nitrogens is 1. The van der Waals surface area contributed by atoms with E-state index in [1.165, 1.54) is 0 Å². The summed E-state index contributed by atoms with van der Waals surface area (Å²) in [6.45, 7) is 12.8. The molecule has 0 aliphatic carbocycles. The van der Waals surface area contributed by atoms with Crippen molar-refractivity contribution in [1.82, 2.24) is 9.97 Å². The van der Waals surface area contributed by atoms with Crippen LogP contribution in [0.25, 0.3) is 22.2 Å². The molecule has 1 aliphatic rings. The molecule has 0 radical (unpaired) electrons. The number of hydrogen-bond donors (Lipinski definition) is 1. The standard InChI is InChI=1S/C25H29ClN2O4/c1-14-9-17(24(2,3)4)18(26)10-16(14)20-11-21(29)22-19(28-20)7-8-27-23(22)30-12-15-13-31-25(5,6)32-15/h7-11,15H,12-13H2,1-6H3,(H,28,29)/t15-/m0/s1. The second kappa shape index (κ2) is 8.18. The van der Waals surface area contributed by atoms with Crippen LogP contribution in [0.2, 0.25) is 5.02 Å². The maximum atomic E-state index is 13.1. The smallest absolute Gasteiger partial charge is 0.226 e. The Labute approximate surface area is 192 Å². The molecule has 2 aromatic heterocycles. The highest BCUT2D eigenvalue weighted by atomic mass is 35.5. The molecule has 6 nitrogen and oxygen atoms in total. The molecule has 3 heterocycles. The van der Waals surface area contributed by atoms with E-state index in [9.17, 15) is 4.79 Å². The summed E-state index contributed by atoms with van der Waals surface area (Å²) in [7, 11) is 0. The Morgan fingerprint density at radius 3 is 2.69 bits per heavy atom. The summed E-state index contributed by atoms with van der Waals surface area (Å²) in [6, 6.07) is 7.36. The predicted octanol–water partition coefficient (Wildman–Crippen LogP) is 5.38. The van der Waals surface area contributed by atoms with Crippen molar-refractivity contribution < 1.29 is 14.2 Å². The number of fused-ring (bicyclic) bond motifs is 1. The minimum atomic E-state index is -0.631. The predicted molar refractivity (Wildman–Crippen MR) is 127 cm³/mol. The van der Waals surface area contributed by atoms with Crippen LogP contribution in [0.3, 0.4) is 0 Å². The normalized spacial score (nSPS) is 18.3. The molecule has 170 valence electrons. The molecule has 32 heavy (non-hydrogen) atoms. The average Bonchev–Trinajstić information content (AvgIpc) is 3.05. The zero-order chi connectivity index (χ0) is 23.3. The second-order valence-electron chi connectivity index (χ2n) is 9.74. The number of aryl methyl sites for hydroxylation is 1. The van der Waals surface area contributed by atoms with Gasteiger partial charge in [0, 0.05) is 22.8 Å². The minimum absolute atomic E-state index is 0.0711. The maximum Gasteiger partial charge on any atom is 0.226 e. The van der Waals surface area contributed by atoms with Gasteiger partial charge >= 0.3 is 0 Å². The van der Waals surface area contributed by atoms with Gasteiger partial charge in [-0.25, -0.2) is 4.98 Å². The van der Waals surface area contributed by atoms with Crippen molar-refractivity contribution in [1.29, 1.82) is 0 Å². The van der Waals surface area contributed by atoms with Crippen molar-refractivity contribution in [3.63, 3.8) is 0 Å². The van der Waals surface area contributed by atoms with Gasteiger partial charge in [0.05, 0.1) is 17.8 Å². The first-order chi connectivity index (χ1) is 14.9. The highest BCUT2D eigenvalue weighted by Crippen LogP contribution is 2.35.